The maximum Gasteiger partial charge on any atom is 0.340 e. The molecule has 0 spiro atoms. The Bertz CT molecular complexity index is 695. The largest absolute Gasteiger partial charge is 0.478 e. The molecule has 0 atom stereocenters. The van der Waals surface area contributed by atoms with Gasteiger partial charge in [-0.3, -0.25) is 4.79 Å². The van der Waals surface area contributed by atoms with E-state index in [0.29, 0.717) is 5.03 Å². The summed E-state index contributed by atoms with van der Waals surface area (Å²) in [5.41, 5.74) is 1.78. The van der Waals surface area contributed by atoms with Crippen LogP contribution >= 0.6 is 11.8 Å². The molecule has 0 aliphatic rings. The predicted molar refractivity (Wildman–Crippen MR) is 87.3 cm³/mol. The first-order chi connectivity index (χ1) is 11.1. The first-order valence-corrected chi connectivity index (χ1v) is 8.15. The molecule has 0 radical (unpaired) electrons. The Morgan fingerprint density at radius 2 is 2.00 bits per heavy atom. The first-order valence-electron chi connectivity index (χ1n) is 7.17. The molecule has 1 heterocycles. The molecule has 0 fully saturated rings. The van der Waals surface area contributed by atoms with Crippen molar-refractivity contribution in [1.82, 2.24) is 9.78 Å². The molecule has 2 aromatic rings. The van der Waals surface area contributed by atoms with Crippen molar-refractivity contribution < 1.29 is 19.4 Å². The normalized spacial score (nSPS) is 10.5. The van der Waals surface area contributed by atoms with E-state index in [1.807, 2.05) is 31.2 Å². The fraction of sp³-hybridized carbons (Fsp3) is 0.312. The Balaban J connectivity index is 2.30. The Hall–Kier alpha value is -2.28. The number of carbonyl (C=O) groups is 2. The minimum Gasteiger partial charge on any atom is -0.478 e. The summed E-state index contributed by atoms with van der Waals surface area (Å²) in [7, 11) is 1.35. The zero-order chi connectivity index (χ0) is 16.8. The second-order valence-electron chi connectivity index (χ2n) is 4.85. The van der Waals surface area contributed by atoms with Crippen molar-refractivity contribution in [3.8, 4) is 5.69 Å². The number of methoxy groups -OCH3 is 1. The van der Waals surface area contributed by atoms with Crippen LogP contribution in [0.4, 0.5) is 0 Å². The van der Waals surface area contributed by atoms with Crippen LogP contribution in [0.3, 0.4) is 0 Å². The molecule has 1 aromatic carbocycles. The molecule has 0 amide bonds. The van der Waals surface area contributed by atoms with Crippen molar-refractivity contribution in [2.24, 2.45) is 0 Å². The minimum absolute atomic E-state index is 0.196. The number of nitrogens with zero attached hydrogens (tertiary/aromatic N) is 2. The third-order valence-corrected chi connectivity index (χ3v) is 4.43. The van der Waals surface area contributed by atoms with Gasteiger partial charge >= 0.3 is 11.9 Å². The zero-order valence-corrected chi connectivity index (χ0v) is 13.8. The number of carboxylic acids is 1. The average molecular weight is 334 g/mol. The van der Waals surface area contributed by atoms with Gasteiger partial charge < -0.3 is 9.84 Å². The van der Waals surface area contributed by atoms with Gasteiger partial charge in [-0.15, -0.1) is 11.8 Å². The topological polar surface area (TPSA) is 81.4 Å². The lowest BCUT2D eigenvalue weighted by Crippen LogP contribution is -2.05. The highest BCUT2D eigenvalue weighted by Gasteiger charge is 2.18. The van der Waals surface area contributed by atoms with Gasteiger partial charge in [-0.1, -0.05) is 19.1 Å². The van der Waals surface area contributed by atoms with Crippen LogP contribution in [0, 0.1) is 0 Å². The molecule has 1 N–H and O–H groups in total. The van der Waals surface area contributed by atoms with E-state index in [9.17, 15) is 14.7 Å². The Morgan fingerprint density at radius 1 is 1.30 bits per heavy atom. The molecule has 0 aliphatic heterocycles. The minimum atomic E-state index is -0.989. The number of thioether (sulfide) groups is 1. The van der Waals surface area contributed by atoms with Crippen LogP contribution in [0.25, 0.3) is 5.69 Å². The maximum atomic E-state index is 11.3. The SMILES string of the molecule is CCCSc1c(C(=O)O)cnn1-c1ccc(CC(=O)OC)cc1. The predicted octanol–water partition coefficient (Wildman–Crippen LogP) is 2.79. The summed E-state index contributed by atoms with van der Waals surface area (Å²) in [5.74, 6) is -0.479. The molecule has 7 heteroatoms. The standard InChI is InChI=1S/C16H18N2O4S/c1-3-8-23-15-13(16(20)21)10-17-18(15)12-6-4-11(5-7-12)9-14(19)22-2/h4-7,10H,3,8-9H2,1-2H3,(H,20,21). The van der Waals surface area contributed by atoms with Gasteiger partial charge in [-0.2, -0.15) is 5.10 Å². The summed E-state index contributed by atoms with van der Waals surface area (Å²) in [6.07, 6.45) is 2.50. The van der Waals surface area contributed by atoms with Gasteiger partial charge in [0.1, 0.15) is 10.6 Å². The molecular formula is C16H18N2O4S. The van der Waals surface area contributed by atoms with Crippen molar-refractivity contribution in [3.05, 3.63) is 41.6 Å². The highest BCUT2D eigenvalue weighted by atomic mass is 32.2. The van der Waals surface area contributed by atoms with Crippen molar-refractivity contribution >= 4 is 23.7 Å². The Morgan fingerprint density at radius 3 is 2.57 bits per heavy atom. The molecule has 0 saturated heterocycles. The number of aromatic nitrogens is 2. The van der Waals surface area contributed by atoms with Crippen LogP contribution in [0.1, 0.15) is 29.3 Å². The summed E-state index contributed by atoms with van der Waals surface area (Å²) in [4.78, 5) is 22.6. The van der Waals surface area contributed by atoms with Crippen LogP contribution in [0.5, 0.6) is 0 Å². The number of hydrogen-bond acceptors (Lipinski definition) is 5. The number of ether oxygens (including phenoxy) is 1. The monoisotopic (exact) mass is 334 g/mol. The van der Waals surface area contributed by atoms with Crippen LogP contribution < -0.4 is 0 Å². The van der Waals surface area contributed by atoms with Crippen LogP contribution in [0.2, 0.25) is 0 Å². The number of carboxylic acid groups (broad SMARTS) is 1. The van der Waals surface area contributed by atoms with Crippen molar-refractivity contribution in [3.63, 3.8) is 0 Å². The number of esters is 1. The van der Waals surface area contributed by atoms with E-state index < -0.39 is 5.97 Å². The number of carbonyl (C=O) groups excluding carboxylic acids is 1. The molecular weight excluding hydrogens is 316 g/mol. The lowest BCUT2D eigenvalue weighted by Gasteiger charge is -2.08. The molecule has 122 valence electrons. The Kier molecular flexibility index (Phi) is 5.81. The fourth-order valence-electron chi connectivity index (χ4n) is 2.00. The first kappa shape index (κ1) is 17.1. The highest BCUT2D eigenvalue weighted by molar-refractivity contribution is 7.99. The average Bonchev–Trinajstić information content (AvgIpc) is 2.97. The smallest absolute Gasteiger partial charge is 0.340 e. The zero-order valence-electron chi connectivity index (χ0n) is 13.0. The van der Waals surface area contributed by atoms with E-state index in [1.165, 1.54) is 25.1 Å². The number of aromatic carboxylic acids is 1. The van der Waals surface area contributed by atoms with Gasteiger partial charge in [-0.05, 0) is 29.9 Å². The number of benzene rings is 1. The van der Waals surface area contributed by atoms with E-state index in [0.717, 1.165) is 23.4 Å². The molecule has 0 saturated carbocycles. The summed E-state index contributed by atoms with van der Waals surface area (Å²) < 4.78 is 6.25. The van der Waals surface area contributed by atoms with Crippen molar-refractivity contribution in [2.45, 2.75) is 24.8 Å². The van der Waals surface area contributed by atoms with Crippen molar-refractivity contribution in [1.29, 1.82) is 0 Å². The van der Waals surface area contributed by atoms with Crippen LogP contribution in [-0.2, 0) is 16.0 Å². The molecule has 6 nitrogen and oxygen atoms in total. The lowest BCUT2D eigenvalue weighted by molar-refractivity contribution is -0.139. The molecule has 0 unspecified atom stereocenters. The quantitative estimate of drug-likeness (QED) is 0.619. The number of hydrogen-bond donors (Lipinski definition) is 1. The summed E-state index contributed by atoms with van der Waals surface area (Å²) in [6.45, 7) is 2.04. The number of rotatable bonds is 7. The van der Waals surface area contributed by atoms with Gasteiger partial charge in [0, 0.05) is 0 Å². The molecule has 2 rings (SSSR count). The highest BCUT2D eigenvalue weighted by Crippen LogP contribution is 2.26. The maximum absolute atomic E-state index is 11.3. The van der Waals surface area contributed by atoms with Crippen LogP contribution in [-0.4, -0.2) is 39.7 Å². The lowest BCUT2D eigenvalue weighted by atomic mass is 10.1. The van der Waals surface area contributed by atoms with Gasteiger partial charge in [0.05, 0.1) is 25.4 Å². The summed E-state index contributed by atoms with van der Waals surface area (Å²) >= 11 is 1.47. The van der Waals surface area contributed by atoms with E-state index >= 15 is 0 Å². The summed E-state index contributed by atoms with van der Waals surface area (Å²) in [5, 5.41) is 14.1. The second kappa shape index (κ2) is 7.82. The molecule has 23 heavy (non-hydrogen) atoms. The third kappa shape index (κ3) is 4.13. The molecule has 1 aromatic heterocycles. The van der Waals surface area contributed by atoms with Gasteiger partial charge in [-0.25, -0.2) is 9.48 Å². The van der Waals surface area contributed by atoms with Gasteiger partial charge in [0.25, 0.3) is 0 Å². The van der Waals surface area contributed by atoms with Crippen LogP contribution in [0.15, 0.2) is 35.5 Å². The van der Waals surface area contributed by atoms with E-state index in [2.05, 4.69) is 9.84 Å². The van der Waals surface area contributed by atoms with Crippen molar-refractivity contribution in [2.75, 3.05) is 12.9 Å². The van der Waals surface area contributed by atoms with E-state index in [-0.39, 0.29) is 18.0 Å². The molecule has 0 aliphatic carbocycles. The van der Waals surface area contributed by atoms with E-state index in [4.69, 9.17) is 0 Å². The summed E-state index contributed by atoms with van der Waals surface area (Å²) in [6, 6.07) is 7.24. The third-order valence-electron chi connectivity index (χ3n) is 3.16. The molecule has 0 bridgehead atoms. The van der Waals surface area contributed by atoms with E-state index in [1.54, 1.807) is 4.68 Å². The van der Waals surface area contributed by atoms with Gasteiger partial charge in [0.15, 0.2) is 0 Å². The second-order valence-corrected chi connectivity index (χ2v) is 5.93. The fourth-order valence-corrected chi connectivity index (χ4v) is 2.97. The van der Waals surface area contributed by atoms with Gasteiger partial charge in [0.2, 0.25) is 0 Å². The Labute approximate surface area is 138 Å².